The second-order valence-electron chi connectivity index (χ2n) is 6.83. The van der Waals surface area contributed by atoms with Crippen molar-refractivity contribution >= 4 is 17.6 Å². The molecule has 124 valence electrons. The highest BCUT2D eigenvalue weighted by molar-refractivity contribution is 6.23. The third kappa shape index (κ3) is 2.38. The molecular weight excluding hydrogens is 304 g/mol. The van der Waals surface area contributed by atoms with Crippen LogP contribution in [-0.4, -0.2) is 27.3 Å². The van der Waals surface area contributed by atoms with Gasteiger partial charge in [0.05, 0.1) is 12.2 Å². The van der Waals surface area contributed by atoms with E-state index in [1.165, 1.54) is 29.7 Å². The van der Waals surface area contributed by atoms with Gasteiger partial charge in [0.2, 0.25) is 0 Å². The fraction of sp³-hybridized carbons (Fsp3) is 0.389. The lowest BCUT2D eigenvalue weighted by Gasteiger charge is -2.27. The van der Waals surface area contributed by atoms with Crippen molar-refractivity contribution in [2.24, 2.45) is 0 Å². The summed E-state index contributed by atoms with van der Waals surface area (Å²) in [6, 6.07) is 9.21. The smallest absolute Gasteiger partial charge is 0.321 e. The first-order valence-electron chi connectivity index (χ1n) is 8.31. The fourth-order valence-electron chi connectivity index (χ4n) is 3.40. The van der Waals surface area contributed by atoms with E-state index < -0.39 is 5.54 Å². The summed E-state index contributed by atoms with van der Waals surface area (Å²) >= 11 is 0. The number of amides is 3. The van der Waals surface area contributed by atoms with E-state index in [9.17, 15) is 9.59 Å². The first-order chi connectivity index (χ1) is 11.6. The van der Waals surface area contributed by atoms with E-state index in [4.69, 9.17) is 0 Å². The molecule has 3 amide bonds. The summed E-state index contributed by atoms with van der Waals surface area (Å²) in [7, 11) is 0. The first kappa shape index (κ1) is 14.9. The highest BCUT2D eigenvalue weighted by atomic mass is 16.2. The molecule has 2 heterocycles. The predicted molar refractivity (Wildman–Crippen MR) is 89.7 cm³/mol. The largest absolute Gasteiger partial charge is 0.329 e. The van der Waals surface area contributed by atoms with Crippen LogP contribution in [0.5, 0.6) is 0 Å². The van der Waals surface area contributed by atoms with Crippen LogP contribution in [0.2, 0.25) is 0 Å². The Balaban J connectivity index is 1.61. The molecule has 6 nitrogen and oxygen atoms in total. The molecule has 24 heavy (non-hydrogen) atoms. The number of aromatic nitrogens is 2. The highest BCUT2D eigenvalue weighted by Gasteiger charge is 2.49. The Bertz CT molecular complexity index is 782. The third-order valence-electron chi connectivity index (χ3n) is 5.00. The van der Waals surface area contributed by atoms with Crippen LogP contribution in [-0.2, 0) is 11.3 Å². The van der Waals surface area contributed by atoms with Crippen LogP contribution in [0.15, 0.2) is 42.7 Å². The zero-order valence-corrected chi connectivity index (χ0v) is 13.6. The minimum Gasteiger partial charge on any atom is -0.321 e. The molecule has 1 atom stereocenters. The van der Waals surface area contributed by atoms with E-state index in [0.29, 0.717) is 18.2 Å². The summed E-state index contributed by atoms with van der Waals surface area (Å²) in [6.07, 6.45) is 7.05. The molecule has 0 spiro atoms. The second-order valence-corrected chi connectivity index (χ2v) is 6.83. The molecule has 2 aliphatic rings. The van der Waals surface area contributed by atoms with Gasteiger partial charge in [-0.1, -0.05) is 18.6 Å². The summed E-state index contributed by atoms with van der Waals surface area (Å²) in [5, 5.41) is 6.95. The molecule has 4 rings (SSSR count). The lowest BCUT2D eigenvalue weighted by molar-refractivity contribution is -0.122. The van der Waals surface area contributed by atoms with E-state index in [1.54, 1.807) is 30.1 Å². The maximum absolute atomic E-state index is 12.9. The maximum atomic E-state index is 12.9. The Morgan fingerprint density at radius 2 is 2.12 bits per heavy atom. The van der Waals surface area contributed by atoms with Crippen molar-refractivity contribution in [3.05, 3.63) is 48.3 Å². The van der Waals surface area contributed by atoms with E-state index in [2.05, 4.69) is 16.5 Å². The SMILES string of the molecule is CC1(Cn2cccn2)NC(=O)N(c2cccc(C3CCC3)c2)C1=O. The van der Waals surface area contributed by atoms with Crippen molar-refractivity contribution in [1.29, 1.82) is 0 Å². The molecule has 1 aromatic heterocycles. The van der Waals surface area contributed by atoms with Gasteiger partial charge in [0.1, 0.15) is 5.54 Å². The van der Waals surface area contributed by atoms with Crippen LogP contribution < -0.4 is 10.2 Å². The highest BCUT2D eigenvalue weighted by Crippen LogP contribution is 2.38. The zero-order valence-electron chi connectivity index (χ0n) is 13.6. The summed E-state index contributed by atoms with van der Waals surface area (Å²) < 4.78 is 1.66. The van der Waals surface area contributed by atoms with Gasteiger partial charge in [0.25, 0.3) is 5.91 Å². The normalized spacial score (nSPS) is 24.1. The number of rotatable bonds is 4. The Hall–Kier alpha value is -2.63. The first-order valence-corrected chi connectivity index (χ1v) is 8.31. The van der Waals surface area contributed by atoms with Gasteiger partial charge < -0.3 is 5.32 Å². The summed E-state index contributed by atoms with van der Waals surface area (Å²) in [5.41, 5.74) is 0.862. The second kappa shape index (κ2) is 5.47. The number of nitrogens with zero attached hydrogens (tertiary/aromatic N) is 3. The number of imide groups is 1. The fourth-order valence-corrected chi connectivity index (χ4v) is 3.40. The van der Waals surface area contributed by atoms with E-state index in [1.807, 2.05) is 18.2 Å². The number of nitrogens with one attached hydrogen (secondary N) is 1. The van der Waals surface area contributed by atoms with Gasteiger partial charge in [0, 0.05) is 12.4 Å². The number of anilines is 1. The molecule has 2 fully saturated rings. The molecular formula is C18H20N4O2. The van der Waals surface area contributed by atoms with E-state index in [-0.39, 0.29) is 11.9 Å². The van der Waals surface area contributed by atoms with Crippen LogP contribution in [0, 0.1) is 0 Å². The molecule has 0 radical (unpaired) electrons. The van der Waals surface area contributed by atoms with Crippen molar-refractivity contribution < 1.29 is 9.59 Å². The van der Waals surface area contributed by atoms with Gasteiger partial charge >= 0.3 is 6.03 Å². The van der Waals surface area contributed by atoms with Crippen molar-refractivity contribution in [3.63, 3.8) is 0 Å². The van der Waals surface area contributed by atoms with Crippen LogP contribution in [0.3, 0.4) is 0 Å². The monoisotopic (exact) mass is 324 g/mol. The van der Waals surface area contributed by atoms with E-state index >= 15 is 0 Å². The van der Waals surface area contributed by atoms with Crippen molar-refractivity contribution in [3.8, 4) is 0 Å². The topological polar surface area (TPSA) is 67.2 Å². The van der Waals surface area contributed by atoms with Gasteiger partial charge in [0.15, 0.2) is 0 Å². The quantitative estimate of drug-likeness (QED) is 0.879. The zero-order chi connectivity index (χ0) is 16.7. The molecule has 1 N–H and O–H groups in total. The Morgan fingerprint density at radius 1 is 1.29 bits per heavy atom. The summed E-state index contributed by atoms with van der Waals surface area (Å²) in [6.45, 7) is 2.05. The van der Waals surface area contributed by atoms with Crippen molar-refractivity contribution in [2.45, 2.75) is 44.2 Å². The molecule has 1 unspecified atom stereocenters. The molecule has 2 aromatic rings. The molecule has 1 saturated carbocycles. The van der Waals surface area contributed by atoms with Crippen LogP contribution in [0.25, 0.3) is 0 Å². The van der Waals surface area contributed by atoms with Crippen molar-refractivity contribution in [2.75, 3.05) is 4.90 Å². The molecule has 1 aromatic carbocycles. The lowest BCUT2D eigenvalue weighted by Crippen LogP contribution is -2.47. The van der Waals surface area contributed by atoms with Gasteiger partial charge in [-0.25, -0.2) is 9.69 Å². The predicted octanol–water partition coefficient (Wildman–Crippen LogP) is 2.67. The standard InChI is InChI=1S/C18H20N4O2/c1-18(12-21-10-4-9-19-21)16(23)22(17(24)20-18)15-8-3-7-14(11-15)13-5-2-6-13/h3-4,7-11,13H,2,5-6,12H2,1H3,(H,20,24). The third-order valence-corrected chi connectivity index (χ3v) is 5.00. The molecule has 1 saturated heterocycles. The number of benzene rings is 1. The van der Waals surface area contributed by atoms with Crippen LogP contribution in [0.4, 0.5) is 10.5 Å². The Labute approximate surface area is 140 Å². The Kier molecular flexibility index (Phi) is 3.40. The van der Waals surface area contributed by atoms with Gasteiger partial charge in [-0.3, -0.25) is 9.48 Å². The summed E-state index contributed by atoms with van der Waals surface area (Å²) in [4.78, 5) is 26.6. The van der Waals surface area contributed by atoms with E-state index in [0.717, 1.165) is 0 Å². The molecule has 6 heteroatoms. The van der Waals surface area contributed by atoms with Crippen LogP contribution in [0.1, 0.15) is 37.7 Å². The number of carbonyl (C=O) groups is 2. The van der Waals surface area contributed by atoms with Crippen molar-refractivity contribution in [1.82, 2.24) is 15.1 Å². The average Bonchev–Trinajstić information content (AvgIpc) is 3.05. The van der Waals surface area contributed by atoms with Crippen LogP contribution >= 0.6 is 0 Å². The summed E-state index contributed by atoms with van der Waals surface area (Å²) in [5.74, 6) is 0.315. The molecule has 1 aliphatic carbocycles. The number of carbonyl (C=O) groups excluding carboxylic acids is 2. The minimum absolute atomic E-state index is 0.242. The maximum Gasteiger partial charge on any atom is 0.329 e. The molecule has 1 aliphatic heterocycles. The van der Waals surface area contributed by atoms with Gasteiger partial charge in [-0.2, -0.15) is 5.10 Å². The average molecular weight is 324 g/mol. The number of urea groups is 1. The molecule has 0 bridgehead atoms. The van der Waals surface area contributed by atoms with Gasteiger partial charge in [-0.15, -0.1) is 0 Å². The Morgan fingerprint density at radius 3 is 2.79 bits per heavy atom. The number of hydrogen-bond donors (Lipinski definition) is 1. The number of hydrogen-bond acceptors (Lipinski definition) is 3. The van der Waals surface area contributed by atoms with Gasteiger partial charge in [-0.05, 0) is 49.4 Å². The lowest BCUT2D eigenvalue weighted by atomic mass is 9.80. The minimum atomic E-state index is -0.990.